The van der Waals surface area contributed by atoms with Gasteiger partial charge in [0.1, 0.15) is 11.2 Å². The highest BCUT2D eigenvalue weighted by molar-refractivity contribution is 8.03. The zero-order chi connectivity index (χ0) is 18.6. The van der Waals surface area contributed by atoms with Gasteiger partial charge >= 0.3 is 0 Å². The van der Waals surface area contributed by atoms with Crippen molar-refractivity contribution in [3.05, 3.63) is 70.2 Å². The topological polar surface area (TPSA) is 15.9 Å². The molecule has 2 nitrogen and oxygen atoms in total. The lowest BCUT2D eigenvalue weighted by atomic mass is 10.1. The van der Waals surface area contributed by atoms with Gasteiger partial charge in [0.25, 0.3) is 5.01 Å². The molecule has 1 aliphatic heterocycles. The van der Waals surface area contributed by atoms with Crippen LogP contribution in [0.2, 0.25) is 0 Å². The molecule has 0 unspecified atom stereocenters. The van der Waals surface area contributed by atoms with Gasteiger partial charge in [-0.25, -0.2) is 0 Å². The largest absolute Gasteiger partial charge is 1.00 e. The number of hydrogen-bond donors (Lipinski definition) is 1. The number of nitrogens with one attached hydrogen (secondary N) is 1. The van der Waals surface area contributed by atoms with Crippen molar-refractivity contribution in [1.29, 1.82) is 0 Å². The molecule has 0 saturated heterocycles. The summed E-state index contributed by atoms with van der Waals surface area (Å²) in [6, 6.07) is 15.5. The van der Waals surface area contributed by atoms with Crippen LogP contribution in [0.5, 0.6) is 0 Å². The lowest BCUT2D eigenvalue weighted by molar-refractivity contribution is -0.668. The molecule has 2 aromatic carbocycles. The van der Waals surface area contributed by atoms with Crippen molar-refractivity contribution < 1.29 is 28.5 Å². The molecule has 2 heterocycles. The molecule has 0 fully saturated rings. The molecule has 146 valence electrons. The van der Waals surface area contributed by atoms with E-state index in [0.29, 0.717) is 0 Å². The number of thioether (sulfide) groups is 1. The molecule has 4 rings (SSSR count). The Bertz CT molecular complexity index is 1020. The first-order chi connectivity index (χ1) is 13.3. The van der Waals surface area contributed by atoms with Crippen LogP contribution in [0.4, 0.5) is 5.69 Å². The summed E-state index contributed by atoms with van der Waals surface area (Å²) in [4.78, 5) is 1.32. The van der Waals surface area contributed by atoms with Crippen LogP contribution in [-0.4, -0.2) is 0 Å². The molecule has 0 bridgehead atoms. The fraction of sp³-hybridized carbons (Fsp3) is 0.261. The first-order valence-corrected chi connectivity index (χ1v) is 11.3. The molecule has 0 atom stereocenters. The van der Waals surface area contributed by atoms with Crippen LogP contribution in [0.3, 0.4) is 0 Å². The van der Waals surface area contributed by atoms with Crippen LogP contribution in [0.15, 0.2) is 64.5 Å². The Morgan fingerprint density at radius 1 is 1.07 bits per heavy atom. The molecule has 28 heavy (non-hydrogen) atoms. The molecule has 1 aromatic heterocycles. The molecule has 5 heteroatoms. The molecular weight excluding hydrogens is 495 g/mol. The van der Waals surface area contributed by atoms with Gasteiger partial charge in [0.05, 0.1) is 10.7 Å². The van der Waals surface area contributed by atoms with E-state index in [0.717, 1.165) is 19.4 Å². The number of aromatic nitrogens is 1. The SMILES string of the molecule is CCCc1ccc2c(c1)NC(=CC=Cc1sc3ccccc3[n+]1CCC)S2.[I-]. The summed E-state index contributed by atoms with van der Waals surface area (Å²) >= 11 is 3.67. The Balaban J connectivity index is 0.00000225. The number of rotatable bonds is 6. The van der Waals surface area contributed by atoms with Gasteiger partial charge in [-0.05, 0) is 36.3 Å². The predicted octanol–water partition coefficient (Wildman–Crippen LogP) is 3.63. The summed E-state index contributed by atoms with van der Waals surface area (Å²) in [6.07, 6.45) is 10.1. The molecule has 0 saturated carbocycles. The van der Waals surface area contributed by atoms with Crippen molar-refractivity contribution in [3.63, 3.8) is 0 Å². The number of hydrogen-bond acceptors (Lipinski definition) is 3. The zero-order valence-electron chi connectivity index (χ0n) is 16.2. The second-order valence-corrected chi connectivity index (χ2v) is 8.90. The Morgan fingerprint density at radius 2 is 1.93 bits per heavy atom. The van der Waals surface area contributed by atoms with Crippen molar-refractivity contribution in [2.75, 3.05) is 5.32 Å². The first kappa shape index (κ1) is 21.4. The van der Waals surface area contributed by atoms with E-state index in [-0.39, 0.29) is 24.0 Å². The fourth-order valence-corrected chi connectivity index (χ4v) is 5.41. The number of allylic oxidation sites excluding steroid dienone is 2. The van der Waals surface area contributed by atoms with Crippen LogP contribution in [0.25, 0.3) is 16.3 Å². The fourth-order valence-electron chi connectivity index (χ4n) is 3.41. The predicted molar refractivity (Wildman–Crippen MR) is 119 cm³/mol. The van der Waals surface area contributed by atoms with Crippen LogP contribution >= 0.6 is 23.1 Å². The van der Waals surface area contributed by atoms with E-state index in [4.69, 9.17) is 0 Å². The Morgan fingerprint density at radius 3 is 2.75 bits per heavy atom. The van der Waals surface area contributed by atoms with Gasteiger partial charge in [-0.1, -0.05) is 67.6 Å². The third-order valence-corrected chi connectivity index (χ3v) is 6.80. The molecule has 0 radical (unpaired) electrons. The standard InChI is InChI=1S/C23H24N2S2.HI/c1-3-8-17-13-14-20-18(16-17)24-22(26-20)11-7-12-23-25(15-4-2)19-9-5-6-10-21(19)27-23;/h5-7,9-14,16H,3-4,8,15H2,1-2H3;1H. The number of para-hydroxylation sites is 1. The van der Waals surface area contributed by atoms with Gasteiger partial charge in [0, 0.05) is 23.5 Å². The minimum absolute atomic E-state index is 0. The van der Waals surface area contributed by atoms with Crippen LogP contribution in [0, 0.1) is 0 Å². The molecule has 0 aliphatic carbocycles. The van der Waals surface area contributed by atoms with E-state index in [1.807, 2.05) is 23.1 Å². The maximum Gasteiger partial charge on any atom is 0.262 e. The second-order valence-electron chi connectivity index (χ2n) is 6.76. The molecule has 3 aromatic rings. The van der Waals surface area contributed by atoms with Gasteiger partial charge in [-0.3, -0.25) is 0 Å². The van der Waals surface area contributed by atoms with E-state index in [1.54, 1.807) is 0 Å². The van der Waals surface area contributed by atoms with Crippen molar-refractivity contribution >= 4 is 45.1 Å². The van der Waals surface area contributed by atoms with Gasteiger partial charge in [0.2, 0.25) is 5.52 Å². The van der Waals surface area contributed by atoms with Crippen LogP contribution in [0.1, 0.15) is 37.3 Å². The number of benzene rings is 2. The molecule has 0 amide bonds. The number of halogens is 1. The smallest absolute Gasteiger partial charge is 0.262 e. The Labute approximate surface area is 192 Å². The second kappa shape index (κ2) is 9.94. The minimum atomic E-state index is 0. The Kier molecular flexibility index (Phi) is 7.60. The lowest BCUT2D eigenvalue weighted by Gasteiger charge is -2.02. The monoisotopic (exact) mass is 520 g/mol. The average Bonchev–Trinajstić information content (AvgIpc) is 3.23. The van der Waals surface area contributed by atoms with E-state index in [1.165, 1.54) is 42.8 Å². The van der Waals surface area contributed by atoms with Crippen molar-refractivity contribution in [3.8, 4) is 0 Å². The molecule has 1 N–H and O–H groups in total. The highest BCUT2D eigenvalue weighted by atomic mass is 127. The van der Waals surface area contributed by atoms with Crippen LogP contribution in [-0.2, 0) is 13.0 Å². The van der Waals surface area contributed by atoms with Crippen molar-refractivity contribution in [2.45, 2.75) is 44.6 Å². The minimum Gasteiger partial charge on any atom is -1.00 e. The number of fused-ring (bicyclic) bond motifs is 2. The third-order valence-electron chi connectivity index (χ3n) is 4.63. The van der Waals surface area contributed by atoms with Gasteiger partial charge in [-0.2, -0.15) is 4.57 Å². The van der Waals surface area contributed by atoms with E-state index in [9.17, 15) is 0 Å². The normalized spacial score (nSPS) is 14.4. The number of anilines is 1. The first-order valence-electron chi connectivity index (χ1n) is 9.66. The third kappa shape index (κ3) is 4.63. The summed E-state index contributed by atoms with van der Waals surface area (Å²) < 4.78 is 3.78. The number of thiazole rings is 1. The summed E-state index contributed by atoms with van der Waals surface area (Å²) in [5.41, 5.74) is 3.99. The summed E-state index contributed by atoms with van der Waals surface area (Å²) in [7, 11) is 0. The Hall–Kier alpha value is -1.31. The summed E-state index contributed by atoms with van der Waals surface area (Å²) in [5.74, 6) is 0. The van der Waals surface area contributed by atoms with Gasteiger partial charge in [0.15, 0.2) is 0 Å². The molecule has 0 spiro atoms. The van der Waals surface area contributed by atoms with Crippen LogP contribution < -0.4 is 33.9 Å². The maximum absolute atomic E-state index is 3.56. The zero-order valence-corrected chi connectivity index (χ0v) is 20.0. The van der Waals surface area contributed by atoms with E-state index >= 15 is 0 Å². The maximum atomic E-state index is 3.56. The van der Waals surface area contributed by atoms with E-state index < -0.39 is 0 Å². The van der Waals surface area contributed by atoms with Crippen molar-refractivity contribution in [1.82, 2.24) is 0 Å². The van der Waals surface area contributed by atoms with E-state index in [2.05, 4.69) is 84.4 Å². The van der Waals surface area contributed by atoms with Gasteiger partial charge in [-0.15, -0.1) is 0 Å². The highest BCUT2D eigenvalue weighted by Crippen LogP contribution is 2.41. The molecular formula is C23H25IN2S2. The van der Waals surface area contributed by atoms with Gasteiger partial charge < -0.3 is 29.3 Å². The van der Waals surface area contributed by atoms with Crippen molar-refractivity contribution in [2.24, 2.45) is 0 Å². The number of aryl methyl sites for hydroxylation is 2. The lowest BCUT2D eigenvalue weighted by Crippen LogP contribution is -3.00. The molecule has 1 aliphatic rings. The summed E-state index contributed by atoms with van der Waals surface area (Å²) in [5, 5.41) is 6.05. The quantitative estimate of drug-likeness (QED) is 0.395. The summed E-state index contributed by atoms with van der Waals surface area (Å²) in [6.45, 7) is 5.52. The average molecular weight is 521 g/mol. The highest BCUT2D eigenvalue weighted by Gasteiger charge is 2.17. The number of nitrogens with zero attached hydrogens (tertiary/aromatic N) is 1.